The van der Waals surface area contributed by atoms with Gasteiger partial charge in [-0.25, -0.2) is 4.79 Å². The monoisotopic (exact) mass is 468 g/mol. The lowest BCUT2D eigenvalue weighted by atomic mass is 9.98. The number of alkyl carbamates (subject to hydrolysis) is 1. The van der Waals surface area contributed by atoms with Crippen molar-refractivity contribution in [3.05, 3.63) is 59.7 Å². The highest BCUT2D eigenvalue weighted by Gasteiger charge is 2.34. The van der Waals surface area contributed by atoms with Gasteiger partial charge in [-0.3, -0.25) is 9.59 Å². The van der Waals surface area contributed by atoms with E-state index in [1.807, 2.05) is 36.4 Å². The molecule has 0 aliphatic heterocycles. The molecular weight excluding hydrogens is 436 g/mol. The second-order valence-corrected chi connectivity index (χ2v) is 8.66. The van der Waals surface area contributed by atoms with Gasteiger partial charge in [-0.1, -0.05) is 48.5 Å². The van der Waals surface area contributed by atoms with Crippen molar-refractivity contribution in [2.24, 2.45) is 0 Å². The van der Waals surface area contributed by atoms with E-state index in [4.69, 9.17) is 14.6 Å². The summed E-state index contributed by atoms with van der Waals surface area (Å²) in [7, 11) is 1.45. The Morgan fingerprint density at radius 3 is 2.06 bits per heavy atom. The van der Waals surface area contributed by atoms with Crippen LogP contribution in [0.25, 0.3) is 11.1 Å². The first-order valence-electron chi connectivity index (χ1n) is 11.4. The van der Waals surface area contributed by atoms with Crippen LogP contribution in [-0.4, -0.2) is 66.4 Å². The molecule has 2 aromatic rings. The average molecular weight is 469 g/mol. The molecule has 3 rings (SSSR count). The van der Waals surface area contributed by atoms with E-state index in [1.54, 1.807) is 20.8 Å². The van der Waals surface area contributed by atoms with Crippen LogP contribution in [0.3, 0.4) is 0 Å². The van der Waals surface area contributed by atoms with Crippen LogP contribution in [0.4, 0.5) is 4.79 Å². The molecular formula is C26H32N2O6. The molecule has 34 heavy (non-hydrogen) atoms. The van der Waals surface area contributed by atoms with E-state index in [2.05, 4.69) is 17.4 Å². The summed E-state index contributed by atoms with van der Waals surface area (Å²) in [5.74, 6) is -1.52. The summed E-state index contributed by atoms with van der Waals surface area (Å²) in [5, 5.41) is 11.7. The number of fused-ring (bicyclic) bond motifs is 3. The molecule has 1 aliphatic carbocycles. The van der Waals surface area contributed by atoms with Crippen molar-refractivity contribution in [2.45, 2.75) is 51.3 Å². The summed E-state index contributed by atoms with van der Waals surface area (Å²) in [5.41, 5.74) is 4.43. The van der Waals surface area contributed by atoms with Crippen LogP contribution < -0.4 is 5.32 Å². The van der Waals surface area contributed by atoms with Gasteiger partial charge in [-0.15, -0.1) is 0 Å². The van der Waals surface area contributed by atoms with Crippen LogP contribution in [-0.2, 0) is 19.1 Å². The Hall–Kier alpha value is -3.39. The molecule has 0 spiro atoms. The number of amides is 2. The fourth-order valence-corrected chi connectivity index (χ4v) is 4.30. The number of carboxylic acids is 1. The van der Waals surface area contributed by atoms with Gasteiger partial charge in [-0.2, -0.15) is 0 Å². The van der Waals surface area contributed by atoms with Gasteiger partial charge in [0.2, 0.25) is 5.91 Å². The molecule has 1 aliphatic rings. The molecule has 0 unspecified atom stereocenters. The van der Waals surface area contributed by atoms with Gasteiger partial charge >= 0.3 is 12.1 Å². The number of methoxy groups -OCH3 is 1. The maximum absolute atomic E-state index is 13.2. The Morgan fingerprint density at radius 2 is 1.56 bits per heavy atom. The number of ether oxygens (including phenoxy) is 2. The quantitative estimate of drug-likeness (QED) is 0.552. The molecule has 0 radical (unpaired) electrons. The molecule has 2 atom stereocenters. The van der Waals surface area contributed by atoms with Gasteiger partial charge in [0.05, 0.1) is 12.5 Å². The minimum atomic E-state index is -1.02. The molecule has 2 N–H and O–H groups in total. The molecule has 0 heterocycles. The zero-order chi connectivity index (χ0) is 24.8. The third kappa shape index (κ3) is 5.56. The average Bonchev–Trinajstić information content (AvgIpc) is 3.14. The fraction of sp³-hybridized carbons (Fsp3) is 0.423. The number of nitrogens with zero attached hydrogens (tertiary/aromatic N) is 1. The molecule has 2 amide bonds. The molecule has 0 bridgehead atoms. The lowest BCUT2D eigenvalue weighted by Gasteiger charge is -2.32. The maximum Gasteiger partial charge on any atom is 0.407 e. The Kier molecular flexibility index (Phi) is 8.28. The van der Waals surface area contributed by atoms with Crippen molar-refractivity contribution in [1.82, 2.24) is 10.2 Å². The van der Waals surface area contributed by atoms with E-state index < -0.39 is 30.1 Å². The van der Waals surface area contributed by atoms with E-state index in [0.717, 1.165) is 22.3 Å². The first-order chi connectivity index (χ1) is 16.2. The molecule has 0 saturated heterocycles. The van der Waals surface area contributed by atoms with Crippen LogP contribution in [0.1, 0.15) is 44.2 Å². The number of hydrogen-bond acceptors (Lipinski definition) is 5. The van der Waals surface area contributed by atoms with E-state index in [-0.39, 0.29) is 31.5 Å². The highest BCUT2D eigenvalue weighted by molar-refractivity contribution is 5.87. The standard InChI is InChI=1S/C26H32N2O6/c1-16(2)28(14-13-23(29)30)25(31)24(17(3)33-4)27-26(32)34-15-22-20-11-7-5-9-18(20)19-10-6-8-12-21(19)22/h5-12,16-17,22,24H,13-15H2,1-4H3,(H,27,32)(H,29,30)/t17-,24+/m1/s1. The molecule has 2 aromatic carbocycles. The highest BCUT2D eigenvalue weighted by atomic mass is 16.5. The Labute approximate surface area is 199 Å². The number of nitrogens with one attached hydrogen (secondary N) is 1. The third-order valence-electron chi connectivity index (χ3n) is 6.20. The lowest BCUT2D eigenvalue weighted by molar-refractivity contribution is -0.141. The molecule has 0 aromatic heterocycles. The summed E-state index contributed by atoms with van der Waals surface area (Å²) >= 11 is 0. The first-order valence-corrected chi connectivity index (χ1v) is 11.4. The topological polar surface area (TPSA) is 105 Å². The maximum atomic E-state index is 13.2. The van der Waals surface area contributed by atoms with Gasteiger partial charge in [0.25, 0.3) is 0 Å². The number of aliphatic carboxylic acids is 1. The van der Waals surface area contributed by atoms with E-state index in [9.17, 15) is 14.4 Å². The van der Waals surface area contributed by atoms with Crippen molar-refractivity contribution in [3.63, 3.8) is 0 Å². The number of carbonyl (C=O) groups is 3. The van der Waals surface area contributed by atoms with Crippen LogP contribution in [0, 0.1) is 0 Å². The van der Waals surface area contributed by atoms with Gasteiger partial charge < -0.3 is 24.8 Å². The minimum Gasteiger partial charge on any atom is -0.481 e. The van der Waals surface area contributed by atoms with Crippen LogP contribution in [0.2, 0.25) is 0 Å². The predicted molar refractivity (Wildman–Crippen MR) is 128 cm³/mol. The molecule has 0 fully saturated rings. The number of hydrogen-bond donors (Lipinski definition) is 2. The van der Waals surface area contributed by atoms with Crippen LogP contribution in [0.15, 0.2) is 48.5 Å². The van der Waals surface area contributed by atoms with Crippen molar-refractivity contribution in [2.75, 3.05) is 20.3 Å². The summed E-state index contributed by atoms with van der Waals surface area (Å²) in [6.07, 6.45) is -1.56. The smallest absolute Gasteiger partial charge is 0.407 e. The molecule has 182 valence electrons. The molecule has 0 saturated carbocycles. The number of rotatable bonds is 10. The van der Waals surface area contributed by atoms with Gasteiger partial charge in [0.1, 0.15) is 12.6 Å². The fourth-order valence-electron chi connectivity index (χ4n) is 4.30. The van der Waals surface area contributed by atoms with Crippen molar-refractivity contribution < 1.29 is 29.0 Å². The molecule has 8 nitrogen and oxygen atoms in total. The van der Waals surface area contributed by atoms with Crippen molar-refractivity contribution in [1.29, 1.82) is 0 Å². The highest BCUT2D eigenvalue weighted by Crippen LogP contribution is 2.44. The van der Waals surface area contributed by atoms with E-state index >= 15 is 0 Å². The minimum absolute atomic E-state index is 0.0329. The molecule has 8 heteroatoms. The largest absolute Gasteiger partial charge is 0.481 e. The zero-order valence-corrected chi connectivity index (χ0v) is 20.0. The van der Waals surface area contributed by atoms with Gasteiger partial charge in [0.15, 0.2) is 0 Å². The second-order valence-electron chi connectivity index (χ2n) is 8.66. The summed E-state index contributed by atoms with van der Waals surface area (Å²) in [4.78, 5) is 38.4. The number of carbonyl (C=O) groups excluding carboxylic acids is 2. The Bertz CT molecular complexity index is 992. The van der Waals surface area contributed by atoms with Crippen LogP contribution >= 0.6 is 0 Å². The number of carboxylic acid groups (broad SMARTS) is 1. The zero-order valence-electron chi connectivity index (χ0n) is 20.0. The van der Waals surface area contributed by atoms with Gasteiger partial charge in [0, 0.05) is 25.6 Å². The Morgan fingerprint density at radius 1 is 1.00 bits per heavy atom. The first kappa shape index (κ1) is 25.2. The van der Waals surface area contributed by atoms with Crippen LogP contribution in [0.5, 0.6) is 0 Å². The SMILES string of the molecule is CO[C@H](C)[C@H](NC(=O)OCC1c2ccccc2-c2ccccc21)C(=O)N(CCC(=O)O)C(C)C. The Balaban J connectivity index is 1.71. The number of benzene rings is 2. The predicted octanol–water partition coefficient (Wildman–Crippen LogP) is 3.64. The normalized spacial score (nSPS) is 14.1. The summed E-state index contributed by atoms with van der Waals surface area (Å²) in [6.45, 7) is 5.41. The van der Waals surface area contributed by atoms with E-state index in [0.29, 0.717) is 0 Å². The van der Waals surface area contributed by atoms with Crippen molar-refractivity contribution in [3.8, 4) is 11.1 Å². The summed E-state index contributed by atoms with van der Waals surface area (Å²) in [6, 6.07) is 14.8. The lowest BCUT2D eigenvalue weighted by Crippen LogP contribution is -2.56. The second kappa shape index (κ2) is 11.2. The summed E-state index contributed by atoms with van der Waals surface area (Å²) < 4.78 is 10.9. The van der Waals surface area contributed by atoms with E-state index in [1.165, 1.54) is 12.0 Å². The van der Waals surface area contributed by atoms with Gasteiger partial charge in [-0.05, 0) is 43.0 Å². The van der Waals surface area contributed by atoms with Crippen molar-refractivity contribution >= 4 is 18.0 Å². The third-order valence-corrected chi connectivity index (χ3v) is 6.20.